The van der Waals surface area contributed by atoms with Crippen LogP contribution < -0.4 is 15.3 Å². The van der Waals surface area contributed by atoms with Crippen molar-refractivity contribution in [3.8, 4) is 5.88 Å². The molecule has 0 bridgehead atoms. The molecule has 0 radical (unpaired) electrons. The van der Waals surface area contributed by atoms with Gasteiger partial charge in [0.15, 0.2) is 0 Å². The zero-order valence-electron chi connectivity index (χ0n) is 11.3. The molecule has 0 spiro atoms. The molecule has 1 aromatic carbocycles. The van der Waals surface area contributed by atoms with Crippen molar-refractivity contribution in [2.24, 2.45) is 0 Å². The Morgan fingerprint density at radius 1 is 1.24 bits per heavy atom. The van der Waals surface area contributed by atoms with Gasteiger partial charge in [-0.3, -0.25) is 4.57 Å². The van der Waals surface area contributed by atoms with Crippen molar-refractivity contribution >= 4 is 29.0 Å². The van der Waals surface area contributed by atoms with Crippen LogP contribution in [-0.4, -0.2) is 23.1 Å². The number of hydrogen-bond acceptors (Lipinski definition) is 4. The number of benzene rings is 1. The fourth-order valence-corrected chi connectivity index (χ4v) is 2.55. The van der Waals surface area contributed by atoms with Crippen molar-refractivity contribution in [3.05, 3.63) is 50.4 Å². The van der Waals surface area contributed by atoms with Crippen LogP contribution >= 0.6 is 23.2 Å². The Morgan fingerprint density at radius 3 is 2.81 bits per heavy atom. The number of likely N-dealkylation sites (N-methyl/N-ethyl adjacent to an activating group) is 1. The summed E-state index contributed by atoms with van der Waals surface area (Å²) in [7, 11) is 1.93. The Balaban J connectivity index is 1.79. The fourth-order valence-electron chi connectivity index (χ4n) is 2.22. The molecule has 1 aliphatic heterocycles. The van der Waals surface area contributed by atoms with Gasteiger partial charge in [0, 0.05) is 26.2 Å². The van der Waals surface area contributed by atoms with Gasteiger partial charge in [0.2, 0.25) is 5.88 Å². The van der Waals surface area contributed by atoms with E-state index in [4.69, 9.17) is 27.9 Å². The van der Waals surface area contributed by atoms with Gasteiger partial charge in [0.05, 0.1) is 10.0 Å². The lowest BCUT2D eigenvalue weighted by molar-refractivity contribution is 0.291. The first-order valence-corrected chi connectivity index (χ1v) is 7.20. The molecule has 0 amide bonds. The summed E-state index contributed by atoms with van der Waals surface area (Å²) in [4.78, 5) is 17.8. The van der Waals surface area contributed by atoms with E-state index in [1.807, 2.05) is 18.0 Å². The molecule has 1 aliphatic rings. The van der Waals surface area contributed by atoms with Gasteiger partial charge in [-0.15, -0.1) is 0 Å². The first kappa shape index (κ1) is 14.2. The van der Waals surface area contributed by atoms with Crippen LogP contribution in [0.5, 0.6) is 5.88 Å². The van der Waals surface area contributed by atoms with Gasteiger partial charge >= 0.3 is 5.69 Å². The Bertz CT molecular complexity index is 745. The van der Waals surface area contributed by atoms with Crippen molar-refractivity contribution in [1.82, 2.24) is 9.55 Å². The third-order valence-electron chi connectivity index (χ3n) is 3.39. The van der Waals surface area contributed by atoms with E-state index in [-0.39, 0.29) is 12.3 Å². The normalized spacial score (nSPS) is 13.4. The molecule has 2 heterocycles. The monoisotopic (exact) mass is 325 g/mol. The molecule has 7 heteroatoms. The number of ether oxygens (including phenoxy) is 1. The molecule has 0 fully saturated rings. The van der Waals surface area contributed by atoms with Gasteiger partial charge in [-0.2, -0.15) is 4.98 Å². The van der Waals surface area contributed by atoms with Crippen LogP contribution in [0.1, 0.15) is 5.56 Å². The summed E-state index contributed by atoms with van der Waals surface area (Å²) in [6.45, 7) is 1.73. The predicted molar refractivity (Wildman–Crippen MR) is 82.6 cm³/mol. The second kappa shape index (κ2) is 5.58. The van der Waals surface area contributed by atoms with Gasteiger partial charge in [0.25, 0.3) is 0 Å². The second-order valence-corrected chi connectivity index (χ2v) is 5.66. The Kier molecular flexibility index (Phi) is 3.78. The zero-order chi connectivity index (χ0) is 15.0. The van der Waals surface area contributed by atoms with Gasteiger partial charge in [-0.25, -0.2) is 4.79 Å². The molecule has 2 aromatic rings. The van der Waals surface area contributed by atoms with Gasteiger partial charge < -0.3 is 9.64 Å². The molecular weight excluding hydrogens is 313 g/mol. The molecule has 21 heavy (non-hydrogen) atoms. The van der Waals surface area contributed by atoms with Crippen molar-refractivity contribution < 1.29 is 4.74 Å². The van der Waals surface area contributed by atoms with Crippen molar-refractivity contribution in [1.29, 1.82) is 0 Å². The predicted octanol–water partition coefficient (Wildman–Crippen LogP) is 2.58. The van der Waals surface area contributed by atoms with E-state index in [1.165, 1.54) is 0 Å². The minimum absolute atomic E-state index is 0.274. The van der Waals surface area contributed by atoms with Crippen LogP contribution in [0.3, 0.4) is 0 Å². The maximum Gasteiger partial charge on any atom is 0.352 e. The van der Waals surface area contributed by atoms with E-state index in [9.17, 15) is 4.79 Å². The number of nitrogens with zero attached hydrogens (tertiary/aromatic N) is 3. The van der Waals surface area contributed by atoms with E-state index in [1.54, 1.807) is 22.8 Å². The van der Waals surface area contributed by atoms with Crippen molar-refractivity contribution in [2.45, 2.75) is 13.2 Å². The highest BCUT2D eigenvalue weighted by molar-refractivity contribution is 6.42. The molecule has 1 aromatic heterocycles. The molecule has 0 aliphatic carbocycles. The lowest BCUT2D eigenvalue weighted by Crippen LogP contribution is -2.22. The molecule has 0 saturated heterocycles. The summed E-state index contributed by atoms with van der Waals surface area (Å²) >= 11 is 11.8. The van der Waals surface area contributed by atoms with E-state index in [0.29, 0.717) is 22.5 Å². The second-order valence-electron chi connectivity index (χ2n) is 4.85. The maximum absolute atomic E-state index is 11.9. The van der Waals surface area contributed by atoms with E-state index >= 15 is 0 Å². The van der Waals surface area contributed by atoms with E-state index in [0.717, 1.165) is 17.9 Å². The van der Waals surface area contributed by atoms with Gasteiger partial charge in [0.1, 0.15) is 12.4 Å². The van der Waals surface area contributed by atoms with Gasteiger partial charge in [-0.1, -0.05) is 29.3 Å². The van der Waals surface area contributed by atoms with Crippen LogP contribution in [0.25, 0.3) is 0 Å². The minimum Gasteiger partial charge on any atom is -0.473 e. The number of hydrogen-bond donors (Lipinski definition) is 0. The van der Waals surface area contributed by atoms with Gasteiger partial charge in [-0.05, 0) is 17.7 Å². The summed E-state index contributed by atoms with van der Waals surface area (Å²) < 4.78 is 7.22. The van der Waals surface area contributed by atoms with Crippen LogP contribution in [-0.2, 0) is 13.2 Å². The lowest BCUT2D eigenvalue weighted by Gasteiger charge is -2.12. The lowest BCUT2D eigenvalue weighted by atomic mass is 10.2. The van der Waals surface area contributed by atoms with Crippen molar-refractivity contribution in [3.63, 3.8) is 0 Å². The summed E-state index contributed by atoms with van der Waals surface area (Å²) in [5.74, 6) is 1.13. The summed E-state index contributed by atoms with van der Waals surface area (Å²) in [5.41, 5.74) is 0.571. The largest absolute Gasteiger partial charge is 0.473 e. The highest BCUT2D eigenvalue weighted by Gasteiger charge is 2.18. The molecular formula is C14H13Cl2N3O2. The quantitative estimate of drug-likeness (QED) is 0.870. The highest BCUT2D eigenvalue weighted by Crippen LogP contribution is 2.24. The maximum atomic E-state index is 11.9. The SMILES string of the molecule is CN1CCn2c1cc(OCc1ccc(Cl)c(Cl)c1)nc2=O. The summed E-state index contributed by atoms with van der Waals surface area (Å²) in [5, 5.41) is 0.968. The first-order chi connectivity index (χ1) is 10.0. The zero-order valence-corrected chi connectivity index (χ0v) is 12.9. The molecule has 0 unspecified atom stereocenters. The molecule has 3 rings (SSSR count). The van der Waals surface area contributed by atoms with Crippen LogP contribution in [0.15, 0.2) is 29.1 Å². The molecule has 110 valence electrons. The Morgan fingerprint density at radius 2 is 2.05 bits per heavy atom. The standard InChI is InChI=1S/C14H13Cl2N3O2/c1-18-4-5-19-13(18)7-12(17-14(19)20)21-8-9-2-3-10(15)11(16)6-9/h2-3,6-7H,4-5,8H2,1H3. The molecule has 5 nitrogen and oxygen atoms in total. The number of halogens is 2. The number of aromatic nitrogens is 2. The van der Waals surface area contributed by atoms with E-state index in [2.05, 4.69) is 4.98 Å². The van der Waals surface area contributed by atoms with Crippen LogP contribution in [0.2, 0.25) is 10.0 Å². The topological polar surface area (TPSA) is 47.4 Å². The number of anilines is 1. The third-order valence-corrected chi connectivity index (χ3v) is 4.13. The molecule has 0 atom stereocenters. The third kappa shape index (κ3) is 2.84. The van der Waals surface area contributed by atoms with Crippen molar-refractivity contribution in [2.75, 3.05) is 18.5 Å². The van der Waals surface area contributed by atoms with Crippen LogP contribution in [0.4, 0.5) is 5.82 Å². The molecule has 0 N–H and O–H groups in total. The van der Waals surface area contributed by atoms with Crippen LogP contribution in [0, 0.1) is 0 Å². The average molecular weight is 326 g/mol. The smallest absolute Gasteiger partial charge is 0.352 e. The Labute approximate surface area is 131 Å². The van der Waals surface area contributed by atoms with E-state index < -0.39 is 0 Å². The molecule has 0 saturated carbocycles. The summed E-state index contributed by atoms with van der Waals surface area (Å²) in [6.07, 6.45) is 0. The summed E-state index contributed by atoms with van der Waals surface area (Å²) in [6, 6.07) is 7.03. The number of fused-ring (bicyclic) bond motifs is 1. The average Bonchev–Trinajstić information content (AvgIpc) is 2.83. The minimum atomic E-state index is -0.291. The number of rotatable bonds is 3. The highest BCUT2D eigenvalue weighted by atomic mass is 35.5. The fraction of sp³-hybridized carbons (Fsp3) is 0.286. The Hall–Kier alpha value is -1.72. The first-order valence-electron chi connectivity index (χ1n) is 6.44.